The van der Waals surface area contributed by atoms with Gasteiger partial charge in [0, 0.05) is 5.54 Å². The summed E-state index contributed by atoms with van der Waals surface area (Å²) in [4.78, 5) is 0. The van der Waals surface area contributed by atoms with E-state index in [2.05, 4.69) is 27.7 Å². The molecule has 0 amide bonds. The fourth-order valence-corrected chi connectivity index (χ4v) is 2.98. The van der Waals surface area contributed by atoms with Crippen LogP contribution in [-0.2, 0) is 0 Å². The van der Waals surface area contributed by atoms with Gasteiger partial charge < -0.3 is 11.2 Å². The summed E-state index contributed by atoms with van der Waals surface area (Å²) < 4.78 is 0. The molecule has 0 bridgehead atoms. The van der Waals surface area contributed by atoms with Crippen molar-refractivity contribution in [2.24, 2.45) is 11.7 Å². The van der Waals surface area contributed by atoms with Gasteiger partial charge in [-0.25, -0.2) is 0 Å². The molecule has 17 heavy (non-hydrogen) atoms. The molecule has 0 aliphatic rings. The van der Waals surface area contributed by atoms with Crippen LogP contribution in [0.5, 0.6) is 0 Å². The monoisotopic (exact) mass is 245 g/mol. The Kier molecular flexibility index (Phi) is 12.5. The quantitative estimate of drug-likeness (QED) is 0.620. The highest BCUT2D eigenvalue weighted by molar-refractivity contribution is 4.90. The van der Waals surface area contributed by atoms with Crippen LogP contribution in [-0.4, -0.2) is 11.0 Å². The molecule has 0 aromatic rings. The van der Waals surface area contributed by atoms with Crippen LogP contribution in [0.2, 0.25) is 0 Å². The summed E-state index contributed by atoms with van der Waals surface area (Å²) in [6.07, 6.45) is 11.4. The molecule has 0 spiro atoms. The van der Waals surface area contributed by atoms with E-state index < -0.39 is 0 Å². The molecular weight excluding hydrogens is 210 g/mol. The standard InChI is InChI=1S/C15H33N.H2O/c1-5-9-11-14(10-6-2)15(16,12-7-3)13-8-4;/h14H,5-13,16H2,1-4H3;1H2. The third-order valence-electron chi connectivity index (χ3n) is 3.79. The van der Waals surface area contributed by atoms with Gasteiger partial charge in [-0.1, -0.05) is 59.8 Å². The van der Waals surface area contributed by atoms with Crippen LogP contribution < -0.4 is 5.73 Å². The number of hydrogen-bond donors (Lipinski definition) is 1. The SMILES string of the molecule is CCCCC(CCC)C(N)(CCC)CCC.O. The minimum absolute atomic E-state index is 0. The maximum atomic E-state index is 6.69. The van der Waals surface area contributed by atoms with Crippen LogP contribution in [0.15, 0.2) is 0 Å². The molecule has 4 N–H and O–H groups in total. The first kappa shape index (κ1) is 19.3. The molecule has 0 aromatic carbocycles. The first-order valence-electron chi connectivity index (χ1n) is 7.43. The lowest BCUT2D eigenvalue weighted by molar-refractivity contribution is 0.201. The van der Waals surface area contributed by atoms with E-state index in [9.17, 15) is 0 Å². The van der Waals surface area contributed by atoms with E-state index in [1.54, 1.807) is 0 Å². The average molecular weight is 245 g/mol. The topological polar surface area (TPSA) is 57.5 Å². The predicted octanol–water partition coefficient (Wildman–Crippen LogP) is 4.07. The van der Waals surface area contributed by atoms with E-state index in [4.69, 9.17) is 5.73 Å². The third-order valence-corrected chi connectivity index (χ3v) is 3.79. The highest BCUT2D eigenvalue weighted by Gasteiger charge is 2.31. The van der Waals surface area contributed by atoms with Gasteiger partial charge in [0.05, 0.1) is 0 Å². The Morgan fingerprint density at radius 2 is 1.35 bits per heavy atom. The van der Waals surface area contributed by atoms with Crippen molar-refractivity contribution in [3.8, 4) is 0 Å². The minimum Gasteiger partial charge on any atom is -0.412 e. The molecule has 0 rings (SSSR count). The smallest absolute Gasteiger partial charge is 0.0182 e. The largest absolute Gasteiger partial charge is 0.412 e. The van der Waals surface area contributed by atoms with Crippen LogP contribution in [0, 0.1) is 5.92 Å². The Balaban J connectivity index is 0. The molecule has 1 atom stereocenters. The van der Waals surface area contributed by atoms with Crippen LogP contribution >= 0.6 is 0 Å². The molecule has 0 radical (unpaired) electrons. The van der Waals surface area contributed by atoms with E-state index in [0.717, 1.165) is 5.92 Å². The first-order chi connectivity index (χ1) is 7.64. The van der Waals surface area contributed by atoms with Crippen LogP contribution in [0.1, 0.15) is 85.5 Å². The maximum Gasteiger partial charge on any atom is 0.0182 e. The summed E-state index contributed by atoms with van der Waals surface area (Å²) in [6, 6.07) is 0. The lowest BCUT2D eigenvalue weighted by Crippen LogP contribution is -2.47. The average Bonchev–Trinajstić information content (AvgIpc) is 2.24. The van der Waals surface area contributed by atoms with Gasteiger partial charge in [0.15, 0.2) is 0 Å². The van der Waals surface area contributed by atoms with Crippen LogP contribution in [0.25, 0.3) is 0 Å². The van der Waals surface area contributed by atoms with E-state index in [-0.39, 0.29) is 11.0 Å². The van der Waals surface area contributed by atoms with Gasteiger partial charge in [-0.2, -0.15) is 0 Å². The number of unbranched alkanes of at least 4 members (excludes halogenated alkanes) is 1. The molecular formula is C15H35NO. The van der Waals surface area contributed by atoms with Crippen molar-refractivity contribution in [2.45, 2.75) is 91.0 Å². The lowest BCUT2D eigenvalue weighted by Gasteiger charge is -2.38. The Morgan fingerprint density at radius 3 is 1.71 bits per heavy atom. The summed E-state index contributed by atoms with van der Waals surface area (Å²) in [5.41, 5.74) is 6.81. The zero-order valence-corrected chi connectivity index (χ0v) is 12.5. The normalized spacial score (nSPS) is 13.2. The molecule has 2 nitrogen and oxygen atoms in total. The second-order valence-electron chi connectivity index (χ2n) is 5.36. The zero-order valence-electron chi connectivity index (χ0n) is 12.5. The second-order valence-corrected chi connectivity index (χ2v) is 5.36. The molecule has 0 aliphatic carbocycles. The van der Waals surface area contributed by atoms with Crippen molar-refractivity contribution >= 4 is 0 Å². The van der Waals surface area contributed by atoms with Gasteiger partial charge in [0.25, 0.3) is 0 Å². The van der Waals surface area contributed by atoms with E-state index >= 15 is 0 Å². The molecule has 106 valence electrons. The van der Waals surface area contributed by atoms with E-state index in [1.807, 2.05) is 0 Å². The summed E-state index contributed by atoms with van der Waals surface area (Å²) in [6.45, 7) is 9.10. The highest BCUT2D eigenvalue weighted by atomic mass is 16.0. The van der Waals surface area contributed by atoms with Crippen molar-refractivity contribution in [3.63, 3.8) is 0 Å². The predicted molar refractivity (Wildman–Crippen MR) is 78.3 cm³/mol. The van der Waals surface area contributed by atoms with Gasteiger partial charge in [0.1, 0.15) is 0 Å². The number of nitrogens with two attached hydrogens (primary N) is 1. The van der Waals surface area contributed by atoms with Gasteiger partial charge in [-0.3, -0.25) is 0 Å². The van der Waals surface area contributed by atoms with Crippen molar-refractivity contribution in [1.82, 2.24) is 0 Å². The van der Waals surface area contributed by atoms with Crippen molar-refractivity contribution in [2.75, 3.05) is 0 Å². The van der Waals surface area contributed by atoms with E-state index in [0.29, 0.717) is 0 Å². The molecule has 0 aromatic heterocycles. The van der Waals surface area contributed by atoms with Gasteiger partial charge in [0.2, 0.25) is 0 Å². The Hall–Kier alpha value is -0.0800. The lowest BCUT2D eigenvalue weighted by atomic mass is 9.73. The summed E-state index contributed by atoms with van der Waals surface area (Å²) >= 11 is 0. The molecule has 1 unspecified atom stereocenters. The molecule has 0 saturated heterocycles. The maximum absolute atomic E-state index is 6.69. The summed E-state index contributed by atoms with van der Waals surface area (Å²) in [5.74, 6) is 0.748. The van der Waals surface area contributed by atoms with E-state index in [1.165, 1.54) is 57.8 Å². The Bertz CT molecular complexity index is 153. The Labute approximate surface area is 109 Å². The van der Waals surface area contributed by atoms with Gasteiger partial charge >= 0.3 is 0 Å². The number of rotatable bonds is 10. The summed E-state index contributed by atoms with van der Waals surface area (Å²) in [5, 5.41) is 0. The van der Waals surface area contributed by atoms with Gasteiger partial charge in [-0.05, 0) is 31.6 Å². The molecule has 0 aliphatic heterocycles. The van der Waals surface area contributed by atoms with Gasteiger partial charge in [-0.15, -0.1) is 0 Å². The van der Waals surface area contributed by atoms with Crippen molar-refractivity contribution < 1.29 is 5.48 Å². The third kappa shape index (κ3) is 7.05. The van der Waals surface area contributed by atoms with Crippen LogP contribution in [0.4, 0.5) is 0 Å². The number of hydrogen-bond acceptors (Lipinski definition) is 1. The second kappa shape index (κ2) is 11.0. The molecule has 2 heteroatoms. The van der Waals surface area contributed by atoms with Crippen LogP contribution in [0.3, 0.4) is 0 Å². The van der Waals surface area contributed by atoms with Crippen molar-refractivity contribution in [1.29, 1.82) is 0 Å². The zero-order chi connectivity index (χ0) is 12.4. The Morgan fingerprint density at radius 1 is 0.824 bits per heavy atom. The van der Waals surface area contributed by atoms with Crippen molar-refractivity contribution in [3.05, 3.63) is 0 Å². The molecule has 0 saturated carbocycles. The fraction of sp³-hybridized carbons (Fsp3) is 1.00. The summed E-state index contributed by atoms with van der Waals surface area (Å²) in [7, 11) is 0. The fourth-order valence-electron chi connectivity index (χ4n) is 2.98. The molecule has 0 heterocycles. The minimum atomic E-state index is 0. The first-order valence-corrected chi connectivity index (χ1v) is 7.43. The molecule has 0 fully saturated rings. The highest BCUT2D eigenvalue weighted by Crippen LogP contribution is 2.32.